The maximum absolute atomic E-state index is 11.9. The van der Waals surface area contributed by atoms with Crippen LogP contribution in [0.5, 0.6) is 0 Å². The monoisotopic (exact) mass is 1070 g/mol. The summed E-state index contributed by atoms with van der Waals surface area (Å²) < 4.78 is 107. The second kappa shape index (κ2) is 23.9. The quantitative estimate of drug-likeness (QED) is 0.0954. The van der Waals surface area contributed by atoms with Crippen LogP contribution in [0.3, 0.4) is 0 Å². The van der Waals surface area contributed by atoms with Gasteiger partial charge in [-0.1, -0.05) is 0 Å². The molecular formula is C37H62O33S. The van der Waals surface area contributed by atoms with Crippen molar-refractivity contribution in [2.24, 2.45) is 0 Å². The van der Waals surface area contributed by atoms with E-state index in [9.17, 15) is 99.8 Å². The van der Waals surface area contributed by atoms with Crippen molar-refractivity contribution in [2.75, 3.05) is 45.6 Å². The van der Waals surface area contributed by atoms with Crippen molar-refractivity contribution in [1.82, 2.24) is 0 Å². The highest BCUT2D eigenvalue weighted by atomic mass is 32.2. The van der Waals surface area contributed by atoms with Gasteiger partial charge in [-0.3, -0.25) is 4.55 Å². The lowest BCUT2D eigenvalue weighted by atomic mass is 9.94. The molecular weight excluding hydrogens is 1000 g/mol. The zero-order valence-electron chi connectivity index (χ0n) is 36.9. The molecule has 30 atom stereocenters. The third kappa shape index (κ3) is 11.8. The van der Waals surface area contributed by atoms with Crippen molar-refractivity contribution in [1.29, 1.82) is 0 Å². The number of aliphatic hydroxyl groups excluding tert-OH is 17. The van der Waals surface area contributed by atoms with Gasteiger partial charge >= 0.3 is 0 Å². The molecule has 18 N–H and O–H groups in total. The lowest BCUT2D eigenvalue weighted by molar-refractivity contribution is -0.404. The van der Waals surface area contributed by atoms with Crippen LogP contribution >= 0.6 is 0 Å². The molecule has 22 fully saturated rings. The number of aliphatic hydroxyl groups is 17. The Bertz CT molecular complexity index is 1780. The summed E-state index contributed by atoms with van der Waals surface area (Å²) in [7, 11) is -5.04. The average Bonchev–Trinajstić information content (AvgIpc) is 3.34. The third-order valence-corrected chi connectivity index (χ3v) is 13.5. The summed E-state index contributed by atoms with van der Waals surface area (Å²) in [5.41, 5.74) is 0. The summed E-state index contributed by atoms with van der Waals surface area (Å²) in [6, 6.07) is 0. The van der Waals surface area contributed by atoms with Crippen molar-refractivity contribution >= 4 is 10.1 Å². The molecule has 22 aliphatic heterocycles. The van der Waals surface area contributed by atoms with E-state index in [4.69, 9.17) is 61.6 Å². The van der Waals surface area contributed by atoms with Crippen molar-refractivity contribution in [2.45, 2.75) is 184 Å². The smallest absolute Gasteiger partial charge is 0.289 e. The van der Waals surface area contributed by atoms with E-state index in [1.54, 1.807) is 0 Å². The molecule has 33 nitrogen and oxygen atoms in total. The van der Waals surface area contributed by atoms with Gasteiger partial charge in [-0.05, 0) is 0 Å². The van der Waals surface area contributed by atoms with E-state index in [0.29, 0.717) is 0 Å². The summed E-state index contributed by atoms with van der Waals surface area (Å²) in [5.74, 6) is -1.58. The Labute approximate surface area is 400 Å². The Morgan fingerprint density at radius 1 is 0.296 bits per heavy atom. The van der Waals surface area contributed by atoms with E-state index in [2.05, 4.69) is 0 Å². The first-order valence-corrected chi connectivity index (χ1v) is 23.8. The lowest BCUT2D eigenvalue weighted by Crippen LogP contribution is -2.69. The van der Waals surface area contributed by atoms with Crippen LogP contribution in [0, 0.1) is 0 Å². The fourth-order valence-corrected chi connectivity index (χ4v) is 9.60. The van der Waals surface area contributed by atoms with Crippen molar-refractivity contribution in [3.05, 3.63) is 0 Å². The molecule has 22 saturated heterocycles. The van der Waals surface area contributed by atoms with Gasteiger partial charge in [0.2, 0.25) is 0 Å². The topological polar surface area (TPSA) is 518 Å². The van der Waals surface area contributed by atoms with Gasteiger partial charge in [0.1, 0.15) is 146 Å². The maximum atomic E-state index is 11.9. The van der Waals surface area contributed by atoms with E-state index in [1.807, 2.05) is 0 Å². The highest BCUT2D eigenvalue weighted by Crippen LogP contribution is 2.38. The molecule has 22 aliphatic rings. The summed E-state index contributed by atoms with van der Waals surface area (Å²) in [6.45, 7) is -6.40. The molecule has 0 amide bonds. The molecule has 71 heavy (non-hydrogen) atoms. The zero-order valence-corrected chi connectivity index (χ0v) is 37.7. The molecule has 0 saturated carbocycles. The van der Waals surface area contributed by atoms with E-state index in [1.165, 1.54) is 0 Å². The van der Waals surface area contributed by atoms with Crippen LogP contribution in [0.15, 0.2) is 0 Å². The maximum Gasteiger partial charge on any atom is 0.289 e. The molecule has 12 bridgehead atoms. The normalized spacial score (nSPS) is 52.5. The second-order valence-corrected chi connectivity index (χ2v) is 19.1. The van der Waals surface area contributed by atoms with E-state index in [-0.39, 0.29) is 0 Å². The fraction of sp³-hybridized carbons (Fsp3) is 1.00. The van der Waals surface area contributed by atoms with Gasteiger partial charge in [0, 0.05) is 0 Å². The first-order valence-electron chi connectivity index (χ1n) is 22.2. The van der Waals surface area contributed by atoms with Crippen LogP contribution in [-0.2, 0) is 71.7 Å². The molecule has 0 radical (unpaired) electrons. The van der Waals surface area contributed by atoms with Crippen molar-refractivity contribution < 1.29 is 161 Å². The molecule has 0 unspecified atom stereocenters. The Morgan fingerprint density at radius 3 is 0.704 bits per heavy atom. The number of ether oxygens (including phenoxy) is 13. The summed E-state index contributed by atoms with van der Waals surface area (Å²) in [6.07, 6.45) is -60.9. The van der Waals surface area contributed by atoms with Gasteiger partial charge in [-0.25, -0.2) is 0 Å². The van der Waals surface area contributed by atoms with Crippen LogP contribution in [0.25, 0.3) is 0 Å². The van der Waals surface area contributed by atoms with Crippen molar-refractivity contribution in [3.63, 3.8) is 0 Å². The molecule has 22 rings (SSSR count). The predicted octanol–water partition coefficient (Wildman–Crippen LogP) is -13.2. The highest BCUT2D eigenvalue weighted by Gasteiger charge is 2.59. The van der Waals surface area contributed by atoms with Crippen LogP contribution in [-0.4, -0.2) is 330 Å². The molecule has 0 aromatic heterocycles. The third-order valence-electron chi connectivity index (χ3n) is 13.1. The first-order chi connectivity index (χ1) is 33.6. The Kier molecular flexibility index (Phi) is 19.4. The summed E-state index contributed by atoms with van der Waals surface area (Å²) in [4.78, 5) is 0. The Morgan fingerprint density at radius 2 is 0.493 bits per heavy atom. The average molecular weight is 1070 g/mol. The number of hydrogen-bond donors (Lipinski definition) is 18. The predicted molar refractivity (Wildman–Crippen MR) is 211 cm³/mol. The lowest BCUT2D eigenvalue weighted by Gasteiger charge is -2.51. The molecule has 22 heterocycles. The minimum Gasteiger partial charge on any atom is -0.394 e. The molecule has 0 spiro atoms. The Balaban J connectivity index is 1.22. The molecule has 414 valence electrons. The van der Waals surface area contributed by atoms with Crippen LogP contribution in [0.4, 0.5) is 0 Å². The van der Waals surface area contributed by atoms with Gasteiger partial charge < -0.3 is 148 Å². The number of hydrogen-bond acceptors (Lipinski definition) is 32. The first kappa shape index (κ1) is 57.4. The van der Waals surface area contributed by atoms with E-state index in [0.717, 1.165) is 0 Å². The molecule has 34 heteroatoms. The van der Waals surface area contributed by atoms with Crippen molar-refractivity contribution in [3.8, 4) is 0 Å². The second-order valence-electron chi connectivity index (χ2n) is 17.7. The molecule has 0 aliphatic carbocycles. The minimum atomic E-state index is -5.04. The van der Waals surface area contributed by atoms with E-state index < -0.39 is 240 Å². The summed E-state index contributed by atoms with van der Waals surface area (Å²) in [5, 5.41) is 186. The number of rotatable bonds is 9. The summed E-state index contributed by atoms with van der Waals surface area (Å²) >= 11 is 0. The Hall–Kier alpha value is -1.29. The highest BCUT2D eigenvalue weighted by molar-refractivity contribution is 7.85. The molecule has 0 aromatic carbocycles. The van der Waals surface area contributed by atoms with Gasteiger partial charge in [0.05, 0.1) is 39.6 Å². The van der Waals surface area contributed by atoms with Crippen LogP contribution in [0.1, 0.15) is 0 Å². The SMILES string of the molecule is O=S(=O)(O)CO[C@@H]1[C@@H](O)[C@H]2O[C@H]3[C@H](O)[C@@H](O)[C@@H](O[C@H]4[C@H](O)[C@@H](O)[C@@H](O[C@H]5[C@H](O)[C@@H](O)[C@@H](O[C@H]6[C@H](O)[C@@H](O)[C@@H](O[C@H]7[C@H](O)[C@@H](O)[C@@H](O[C@H]1[C@@H](CO)O2)O[C@@H]7CO)O[C@@H]6CO)O[C@@H]5CO)O[C@@H]4CO)O[C@@H]3CO. The van der Waals surface area contributed by atoms with E-state index >= 15 is 0 Å². The minimum absolute atomic E-state index is 1.02. The van der Waals surface area contributed by atoms with Gasteiger partial charge in [0.15, 0.2) is 43.7 Å². The van der Waals surface area contributed by atoms with Gasteiger partial charge in [-0.15, -0.1) is 0 Å². The standard InChI is InChI=1S/C37H62O33S/c38-1-8-25-14(44)19(49)32(59-8)66-26-9(2-39)61-34(21(51)16(26)46)68-28-11(4-41)63-36(23(53)18(28)48)70-30-13(6-43)64-37(24(54)31(30)58-7-71(55,56)57)69-29-12(5-42)62-35(22(52)17(29)47)67-27-10(3-40)60-33(65-25)20(50)15(27)45/h8-54H,1-7H2,(H,55,56,57)/t8-,9-,10-,11-,12-,13-,14-,15-,16-,17-,18-,19-,20-,21-,22-,23-,24-,25-,26-,27-,28-,29-,30+,31-,32-,33-,34-,35-,36-,37-/m1/s1. The zero-order chi connectivity index (χ0) is 52.0. The fourth-order valence-electron chi connectivity index (χ4n) is 9.27. The largest absolute Gasteiger partial charge is 0.394 e. The van der Waals surface area contributed by atoms with Gasteiger partial charge in [0.25, 0.3) is 10.1 Å². The van der Waals surface area contributed by atoms with Gasteiger partial charge in [-0.2, -0.15) is 8.42 Å². The van der Waals surface area contributed by atoms with Crippen LogP contribution in [0.2, 0.25) is 0 Å². The van der Waals surface area contributed by atoms with Crippen LogP contribution < -0.4 is 0 Å². The molecule has 0 aromatic rings.